The molecule has 0 radical (unpaired) electrons. The molecule has 3 heterocycles. The molecule has 6 nitrogen and oxygen atoms in total. The molecule has 0 saturated carbocycles. The molecular weight excluding hydrogens is 450 g/mol. The highest BCUT2D eigenvalue weighted by atomic mass is 35.5. The summed E-state index contributed by atoms with van der Waals surface area (Å²) in [7, 11) is 0. The first-order chi connectivity index (χ1) is 16.1. The van der Waals surface area contributed by atoms with Crippen molar-refractivity contribution in [2.75, 3.05) is 0 Å². The molecule has 5 aromatic rings. The lowest BCUT2D eigenvalue weighted by molar-refractivity contribution is 0.0919. The van der Waals surface area contributed by atoms with Crippen LogP contribution in [0.4, 0.5) is 0 Å². The molecule has 3 aromatic heterocycles. The third-order valence-corrected chi connectivity index (χ3v) is 6.14. The van der Waals surface area contributed by atoms with Crippen LogP contribution in [-0.2, 0) is 6.54 Å². The van der Waals surface area contributed by atoms with Crippen molar-refractivity contribution in [3.8, 4) is 0 Å². The van der Waals surface area contributed by atoms with Crippen molar-refractivity contribution in [1.82, 2.24) is 14.9 Å². The lowest BCUT2D eigenvalue weighted by Gasteiger charge is -2.21. The van der Waals surface area contributed by atoms with E-state index >= 15 is 0 Å². The smallest absolute Gasteiger partial charge is 0.362 e. The Morgan fingerprint density at radius 2 is 1.91 bits per heavy atom. The van der Waals surface area contributed by atoms with E-state index in [2.05, 4.69) is 16.4 Å². The van der Waals surface area contributed by atoms with Gasteiger partial charge in [0.05, 0.1) is 0 Å². The van der Waals surface area contributed by atoms with Gasteiger partial charge in [0.1, 0.15) is 5.52 Å². The summed E-state index contributed by atoms with van der Waals surface area (Å²) in [5, 5.41) is 6.01. The molecule has 172 valence electrons. The highest BCUT2D eigenvalue weighted by Gasteiger charge is 2.21. The molecule has 0 unspecified atom stereocenters. The van der Waals surface area contributed by atoms with Gasteiger partial charge in [0.2, 0.25) is 5.71 Å². The largest absolute Gasteiger partial charge is 0.402 e. The summed E-state index contributed by atoms with van der Waals surface area (Å²) in [6, 6.07) is 15.0. The average molecular weight is 474 g/mol. The Morgan fingerprint density at radius 3 is 2.68 bits per heavy atom. The van der Waals surface area contributed by atoms with Gasteiger partial charge in [-0.05, 0) is 75.7 Å². The summed E-state index contributed by atoms with van der Waals surface area (Å²) in [5.74, 6) is -0.181. The fourth-order valence-electron chi connectivity index (χ4n) is 4.34. The van der Waals surface area contributed by atoms with Gasteiger partial charge in [0.25, 0.3) is 5.91 Å². The minimum atomic E-state index is -0.465. The zero-order valence-electron chi connectivity index (χ0n) is 19.4. The predicted molar refractivity (Wildman–Crippen MR) is 136 cm³/mol. The lowest BCUT2D eigenvalue weighted by atomic mass is 10.1. The van der Waals surface area contributed by atoms with Crippen LogP contribution in [0.25, 0.3) is 32.9 Å². The summed E-state index contributed by atoms with van der Waals surface area (Å²) >= 11 is 6.56. The van der Waals surface area contributed by atoms with Gasteiger partial charge in [-0.1, -0.05) is 23.2 Å². The van der Waals surface area contributed by atoms with Crippen molar-refractivity contribution in [2.24, 2.45) is 0 Å². The van der Waals surface area contributed by atoms with Crippen molar-refractivity contribution in [3.05, 3.63) is 86.9 Å². The number of carbonyl (C=O) groups is 1. The van der Waals surface area contributed by atoms with Crippen LogP contribution in [0.3, 0.4) is 0 Å². The lowest BCUT2D eigenvalue weighted by Crippen LogP contribution is -2.40. The number of hydrogen-bond acceptors (Lipinski definition) is 4. The predicted octanol–water partition coefficient (Wildman–Crippen LogP) is 5.83. The summed E-state index contributed by atoms with van der Waals surface area (Å²) in [6.07, 6.45) is 1.61. The molecule has 0 atom stereocenters. The van der Waals surface area contributed by atoms with Crippen LogP contribution in [0.5, 0.6) is 0 Å². The number of carbonyl (C=O) groups excluding carboxylic acids is 1. The number of pyridine rings is 1. The van der Waals surface area contributed by atoms with Crippen LogP contribution >= 0.6 is 11.6 Å². The van der Waals surface area contributed by atoms with E-state index in [0.29, 0.717) is 28.4 Å². The van der Waals surface area contributed by atoms with Gasteiger partial charge in [-0.15, -0.1) is 0 Å². The molecule has 7 heteroatoms. The SMILES string of the molecule is Cc1ccc2c(c1)c1c3cccnc3oc(=O)c1n2Cc1cc(C(=O)NC(C)(C)C)ccc1Cl. The number of aryl methyl sites for hydroxylation is 1. The summed E-state index contributed by atoms with van der Waals surface area (Å²) in [4.78, 5) is 30.2. The Hall–Kier alpha value is -3.64. The zero-order valence-corrected chi connectivity index (χ0v) is 20.2. The second-order valence-corrected chi connectivity index (χ2v) is 9.99. The molecular formula is C27H24ClN3O3. The third-order valence-electron chi connectivity index (χ3n) is 5.77. The molecule has 34 heavy (non-hydrogen) atoms. The van der Waals surface area contributed by atoms with Crippen LogP contribution in [-0.4, -0.2) is 21.0 Å². The number of aromatic nitrogens is 2. The van der Waals surface area contributed by atoms with Gasteiger partial charge in [-0.25, -0.2) is 9.78 Å². The Morgan fingerprint density at radius 1 is 1.12 bits per heavy atom. The molecule has 2 aromatic carbocycles. The topological polar surface area (TPSA) is 77.1 Å². The maximum atomic E-state index is 13.2. The number of amides is 1. The molecule has 0 spiro atoms. The highest BCUT2D eigenvalue weighted by Crippen LogP contribution is 2.34. The van der Waals surface area contributed by atoms with Crippen molar-refractivity contribution >= 4 is 50.4 Å². The Bertz CT molecular complexity index is 1660. The van der Waals surface area contributed by atoms with Crippen LogP contribution in [0.15, 0.2) is 63.9 Å². The monoisotopic (exact) mass is 473 g/mol. The number of nitrogens with one attached hydrogen (secondary N) is 1. The van der Waals surface area contributed by atoms with Gasteiger partial charge >= 0.3 is 5.63 Å². The van der Waals surface area contributed by atoms with Crippen molar-refractivity contribution in [2.45, 2.75) is 39.8 Å². The normalized spacial score (nSPS) is 12.0. The maximum absolute atomic E-state index is 13.2. The molecule has 0 aliphatic heterocycles. The number of hydrogen-bond donors (Lipinski definition) is 1. The van der Waals surface area contributed by atoms with Gasteiger partial charge in [0.15, 0.2) is 0 Å². The van der Waals surface area contributed by atoms with Crippen LogP contribution < -0.4 is 10.9 Å². The molecule has 1 amide bonds. The minimum Gasteiger partial charge on any atom is -0.402 e. The Balaban J connectivity index is 1.74. The molecule has 1 N–H and O–H groups in total. The minimum absolute atomic E-state index is 0.181. The van der Waals surface area contributed by atoms with E-state index in [9.17, 15) is 9.59 Å². The molecule has 0 aliphatic rings. The highest BCUT2D eigenvalue weighted by molar-refractivity contribution is 6.31. The van der Waals surface area contributed by atoms with Gasteiger partial charge in [-0.3, -0.25) is 4.79 Å². The number of fused-ring (bicyclic) bond motifs is 5. The van der Waals surface area contributed by atoms with Crippen LogP contribution in [0.2, 0.25) is 5.02 Å². The van der Waals surface area contributed by atoms with E-state index in [1.54, 1.807) is 24.4 Å². The van der Waals surface area contributed by atoms with E-state index in [4.69, 9.17) is 16.0 Å². The summed E-state index contributed by atoms with van der Waals surface area (Å²) in [5.41, 5.74) is 3.12. The maximum Gasteiger partial charge on any atom is 0.362 e. The average Bonchev–Trinajstić information content (AvgIpc) is 3.08. The number of halogens is 1. The fraction of sp³-hybridized carbons (Fsp3) is 0.222. The molecule has 5 rings (SSSR count). The molecule has 0 aliphatic carbocycles. The zero-order chi connectivity index (χ0) is 24.2. The Kier molecular flexibility index (Phi) is 5.21. The standard InChI is InChI=1S/C27H24ClN3O3/c1-15-7-10-21-19(12-15)22-18-6-5-11-29-25(18)34-26(33)23(22)31(21)14-17-13-16(8-9-20(17)28)24(32)30-27(2,3)4/h5-13H,14H2,1-4H3,(H,30,32). The van der Waals surface area contributed by atoms with E-state index in [1.165, 1.54) is 0 Å². The van der Waals surface area contributed by atoms with E-state index in [-0.39, 0.29) is 11.4 Å². The number of rotatable bonds is 3. The van der Waals surface area contributed by atoms with E-state index in [1.807, 2.05) is 56.5 Å². The first-order valence-corrected chi connectivity index (χ1v) is 11.4. The first kappa shape index (κ1) is 22.2. The van der Waals surface area contributed by atoms with Crippen molar-refractivity contribution in [1.29, 1.82) is 0 Å². The van der Waals surface area contributed by atoms with Crippen molar-refractivity contribution < 1.29 is 9.21 Å². The van der Waals surface area contributed by atoms with Gasteiger partial charge in [0, 0.05) is 50.5 Å². The van der Waals surface area contributed by atoms with Gasteiger partial charge in [-0.2, -0.15) is 0 Å². The fourth-order valence-corrected chi connectivity index (χ4v) is 4.51. The molecule has 0 saturated heterocycles. The molecule has 0 bridgehead atoms. The quantitative estimate of drug-likeness (QED) is 0.357. The van der Waals surface area contributed by atoms with Crippen LogP contribution in [0.1, 0.15) is 42.3 Å². The number of nitrogens with zero attached hydrogens (tertiary/aromatic N) is 2. The second-order valence-electron chi connectivity index (χ2n) is 9.59. The second kappa shape index (κ2) is 7.99. The summed E-state index contributed by atoms with van der Waals surface area (Å²) in [6.45, 7) is 8.11. The Labute approximate surface area is 201 Å². The van der Waals surface area contributed by atoms with Crippen LogP contribution in [0, 0.1) is 6.92 Å². The van der Waals surface area contributed by atoms with Crippen molar-refractivity contribution in [3.63, 3.8) is 0 Å². The first-order valence-electron chi connectivity index (χ1n) is 11.0. The number of benzene rings is 2. The van der Waals surface area contributed by atoms with E-state index in [0.717, 1.165) is 32.8 Å². The molecule has 0 fully saturated rings. The van der Waals surface area contributed by atoms with Gasteiger partial charge < -0.3 is 14.3 Å². The summed E-state index contributed by atoms with van der Waals surface area (Å²) < 4.78 is 7.49. The van der Waals surface area contributed by atoms with E-state index < -0.39 is 5.63 Å². The third kappa shape index (κ3) is 3.84.